The number of H-pyrrole nitrogens is 1. The van der Waals surface area contributed by atoms with Crippen molar-refractivity contribution in [3.05, 3.63) is 57.7 Å². The molecule has 0 saturated heterocycles. The molecule has 0 fully saturated rings. The molecule has 0 atom stereocenters. The van der Waals surface area contributed by atoms with Crippen LogP contribution in [0.1, 0.15) is 10.4 Å². The molecule has 0 radical (unpaired) electrons. The number of aromatic amines is 1. The van der Waals surface area contributed by atoms with Crippen LogP contribution in [-0.4, -0.2) is 15.9 Å². The first kappa shape index (κ1) is 11.3. The number of pyridine rings is 2. The van der Waals surface area contributed by atoms with Crippen molar-refractivity contribution in [2.45, 2.75) is 0 Å². The number of rotatable bonds is 2. The summed E-state index contributed by atoms with van der Waals surface area (Å²) in [5.41, 5.74) is 0.496. The van der Waals surface area contributed by atoms with E-state index in [1.165, 1.54) is 24.5 Å². The summed E-state index contributed by atoms with van der Waals surface area (Å²) in [6, 6.07) is 6.01. The number of hydrogen-bond donors (Lipinski definition) is 2. The Bertz CT molecular complexity index is 589. The van der Waals surface area contributed by atoms with Crippen LogP contribution in [-0.2, 0) is 0 Å². The van der Waals surface area contributed by atoms with Gasteiger partial charge >= 0.3 is 0 Å². The SMILES string of the molecule is O=C(Nc1cccnc1Cl)c1ccc(=O)[nH]c1. The molecule has 2 rings (SSSR count). The van der Waals surface area contributed by atoms with Crippen molar-refractivity contribution in [3.8, 4) is 0 Å². The van der Waals surface area contributed by atoms with Crippen molar-refractivity contribution >= 4 is 23.2 Å². The Kier molecular flexibility index (Phi) is 3.20. The number of halogens is 1. The number of nitrogens with zero attached hydrogens (tertiary/aromatic N) is 1. The first-order valence-electron chi connectivity index (χ1n) is 4.77. The lowest BCUT2D eigenvalue weighted by molar-refractivity contribution is 0.102. The number of amides is 1. The average Bonchev–Trinajstić information content (AvgIpc) is 2.33. The fourth-order valence-corrected chi connectivity index (χ4v) is 1.39. The van der Waals surface area contributed by atoms with Gasteiger partial charge in [0.1, 0.15) is 0 Å². The Labute approximate surface area is 101 Å². The zero-order valence-corrected chi connectivity index (χ0v) is 9.36. The van der Waals surface area contributed by atoms with Crippen molar-refractivity contribution in [2.75, 3.05) is 5.32 Å². The van der Waals surface area contributed by atoms with E-state index in [0.717, 1.165) is 0 Å². The van der Waals surface area contributed by atoms with Crippen molar-refractivity contribution in [3.63, 3.8) is 0 Å². The molecule has 0 aliphatic heterocycles. The van der Waals surface area contributed by atoms with E-state index in [9.17, 15) is 9.59 Å². The lowest BCUT2D eigenvalue weighted by Crippen LogP contribution is -2.14. The second kappa shape index (κ2) is 4.80. The lowest BCUT2D eigenvalue weighted by atomic mass is 10.2. The molecule has 2 aromatic heterocycles. The predicted octanol–water partition coefficient (Wildman–Crippen LogP) is 1.68. The van der Waals surface area contributed by atoms with Crippen LogP contribution in [0.2, 0.25) is 5.15 Å². The summed E-state index contributed by atoms with van der Waals surface area (Å²) in [5.74, 6) is -0.365. The first-order valence-corrected chi connectivity index (χ1v) is 5.15. The highest BCUT2D eigenvalue weighted by Gasteiger charge is 2.08. The molecule has 0 aliphatic rings. The molecule has 2 heterocycles. The van der Waals surface area contributed by atoms with Crippen LogP contribution >= 0.6 is 11.6 Å². The minimum atomic E-state index is -0.365. The summed E-state index contributed by atoms with van der Waals surface area (Å²) in [5, 5.41) is 2.80. The molecular weight excluding hydrogens is 242 g/mol. The third-order valence-electron chi connectivity index (χ3n) is 2.05. The molecule has 2 N–H and O–H groups in total. The van der Waals surface area contributed by atoms with Gasteiger partial charge in [-0.3, -0.25) is 9.59 Å². The van der Waals surface area contributed by atoms with Gasteiger partial charge in [0.15, 0.2) is 5.15 Å². The Morgan fingerprint density at radius 1 is 1.35 bits per heavy atom. The maximum atomic E-state index is 11.8. The van der Waals surface area contributed by atoms with Crippen LogP contribution in [0.15, 0.2) is 41.5 Å². The topological polar surface area (TPSA) is 74.8 Å². The third kappa shape index (κ3) is 2.70. The van der Waals surface area contributed by atoms with Crippen molar-refractivity contribution < 1.29 is 4.79 Å². The number of hydrogen-bond acceptors (Lipinski definition) is 3. The third-order valence-corrected chi connectivity index (χ3v) is 2.35. The molecule has 86 valence electrons. The van der Waals surface area contributed by atoms with Gasteiger partial charge in [0, 0.05) is 18.5 Å². The van der Waals surface area contributed by atoms with Crippen LogP contribution in [0.4, 0.5) is 5.69 Å². The van der Waals surface area contributed by atoms with E-state index in [0.29, 0.717) is 11.3 Å². The van der Waals surface area contributed by atoms with Crippen LogP contribution in [0.3, 0.4) is 0 Å². The van der Waals surface area contributed by atoms with Gasteiger partial charge in [-0.1, -0.05) is 11.6 Å². The van der Waals surface area contributed by atoms with Crippen molar-refractivity contribution in [1.82, 2.24) is 9.97 Å². The summed E-state index contributed by atoms with van der Waals surface area (Å²) >= 11 is 5.80. The molecule has 0 saturated carbocycles. The van der Waals surface area contributed by atoms with Gasteiger partial charge in [-0.25, -0.2) is 4.98 Å². The van der Waals surface area contributed by atoms with E-state index >= 15 is 0 Å². The van der Waals surface area contributed by atoms with Gasteiger partial charge in [-0.2, -0.15) is 0 Å². The fourth-order valence-electron chi connectivity index (χ4n) is 1.23. The van der Waals surface area contributed by atoms with Crippen molar-refractivity contribution in [2.24, 2.45) is 0 Å². The molecule has 2 aromatic rings. The van der Waals surface area contributed by atoms with Crippen molar-refractivity contribution in [1.29, 1.82) is 0 Å². The van der Waals surface area contributed by atoms with Crippen LogP contribution < -0.4 is 10.9 Å². The fraction of sp³-hybridized carbons (Fsp3) is 0. The van der Waals surface area contributed by atoms with E-state index in [4.69, 9.17) is 11.6 Å². The van der Waals surface area contributed by atoms with Gasteiger partial charge < -0.3 is 10.3 Å². The summed E-state index contributed by atoms with van der Waals surface area (Å²) < 4.78 is 0. The highest BCUT2D eigenvalue weighted by molar-refractivity contribution is 6.32. The lowest BCUT2D eigenvalue weighted by Gasteiger charge is -2.05. The van der Waals surface area contributed by atoms with Gasteiger partial charge in [0.2, 0.25) is 5.56 Å². The molecule has 0 aromatic carbocycles. The monoisotopic (exact) mass is 249 g/mol. The average molecular weight is 250 g/mol. The van der Waals surface area contributed by atoms with E-state index in [-0.39, 0.29) is 16.6 Å². The number of aromatic nitrogens is 2. The zero-order valence-electron chi connectivity index (χ0n) is 8.61. The Hall–Kier alpha value is -2.14. The van der Waals surface area contributed by atoms with E-state index < -0.39 is 0 Å². The van der Waals surface area contributed by atoms with Gasteiger partial charge in [-0.05, 0) is 18.2 Å². The first-order chi connectivity index (χ1) is 8.16. The molecule has 0 unspecified atom stereocenters. The number of nitrogens with one attached hydrogen (secondary N) is 2. The van der Waals surface area contributed by atoms with Crippen LogP contribution in [0.5, 0.6) is 0 Å². The minimum absolute atomic E-state index is 0.213. The molecular formula is C11H8ClN3O2. The minimum Gasteiger partial charge on any atom is -0.328 e. The number of anilines is 1. The summed E-state index contributed by atoms with van der Waals surface area (Å²) in [6.45, 7) is 0. The van der Waals surface area contributed by atoms with Gasteiger partial charge in [0.05, 0.1) is 11.3 Å². The van der Waals surface area contributed by atoms with E-state index in [1.54, 1.807) is 12.1 Å². The van der Waals surface area contributed by atoms with E-state index in [2.05, 4.69) is 15.3 Å². The molecule has 0 spiro atoms. The summed E-state index contributed by atoms with van der Waals surface area (Å²) in [7, 11) is 0. The maximum absolute atomic E-state index is 11.8. The van der Waals surface area contributed by atoms with E-state index in [1.807, 2.05) is 0 Å². The Morgan fingerprint density at radius 2 is 2.18 bits per heavy atom. The normalized spacial score (nSPS) is 9.94. The Morgan fingerprint density at radius 3 is 2.82 bits per heavy atom. The van der Waals surface area contributed by atoms with Crippen LogP contribution in [0.25, 0.3) is 0 Å². The second-order valence-corrected chi connectivity index (χ2v) is 3.60. The molecule has 5 nitrogen and oxygen atoms in total. The molecule has 6 heteroatoms. The van der Waals surface area contributed by atoms with Crippen LogP contribution in [0, 0.1) is 0 Å². The van der Waals surface area contributed by atoms with Gasteiger partial charge in [-0.15, -0.1) is 0 Å². The zero-order chi connectivity index (χ0) is 12.3. The number of carbonyl (C=O) groups is 1. The summed E-state index contributed by atoms with van der Waals surface area (Å²) in [4.78, 5) is 28.8. The highest BCUT2D eigenvalue weighted by Crippen LogP contribution is 2.17. The predicted molar refractivity (Wildman–Crippen MR) is 64.3 cm³/mol. The Balaban J connectivity index is 2.20. The highest BCUT2D eigenvalue weighted by atomic mass is 35.5. The molecule has 17 heavy (non-hydrogen) atoms. The molecule has 0 bridgehead atoms. The quantitative estimate of drug-likeness (QED) is 0.795. The summed E-state index contributed by atoms with van der Waals surface area (Å²) in [6.07, 6.45) is 2.86. The standard InChI is InChI=1S/C11H8ClN3O2/c12-10-8(2-1-5-13-10)15-11(17)7-3-4-9(16)14-6-7/h1-6H,(H,14,16)(H,15,17). The number of carbonyl (C=O) groups excluding carboxylic acids is 1. The second-order valence-electron chi connectivity index (χ2n) is 3.24. The molecule has 1 amide bonds. The largest absolute Gasteiger partial charge is 0.328 e. The van der Waals surface area contributed by atoms with Gasteiger partial charge in [0.25, 0.3) is 5.91 Å². The smallest absolute Gasteiger partial charge is 0.257 e. The molecule has 0 aliphatic carbocycles. The maximum Gasteiger partial charge on any atom is 0.257 e.